The van der Waals surface area contributed by atoms with Gasteiger partial charge < -0.3 is 14.5 Å². The van der Waals surface area contributed by atoms with E-state index in [2.05, 4.69) is 17.9 Å². The van der Waals surface area contributed by atoms with Crippen LogP contribution >= 0.6 is 0 Å². The quantitative estimate of drug-likeness (QED) is 0.802. The molecule has 1 aromatic carbocycles. The third-order valence-electron chi connectivity index (χ3n) is 5.62. The lowest BCUT2D eigenvalue weighted by atomic mass is 10.0. The zero-order chi connectivity index (χ0) is 18.6. The van der Waals surface area contributed by atoms with Crippen LogP contribution in [0, 0.1) is 6.92 Å². The van der Waals surface area contributed by atoms with Crippen LogP contribution in [-0.4, -0.2) is 35.6 Å². The normalized spacial score (nSPS) is 19.5. The van der Waals surface area contributed by atoms with E-state index in [1.54, 1.807) is 0 Å². The zero-order valence-electron chi connectivity index (χ0n) is 15.9. The molecule has 2 fully saturated rings. The molecular weight excluding hydrogens is 338 g/mol. The lowest BCUT2D eigenvalue weighted by Gasteiger charge is -2.26. The predicted octanol–water partition coefficient (Wildman–Crippen LogP) is 4.46. The highest BCUT2D eigenvalue weighted by Crippen LogP contribution is 2.35. The number of carbonyl (C=O) groups excluding carboxylic acids is 1. The Morgan fingerprint density at radius 3 is 2.67 bits per heavy atom. The molecule has 1 amide bonds. The van der Waals surface area contributed by atoms with Crippen LogP contribution in [0.1, 0.15) is 48.4 Å². The van der Waals surface area contributed by atoms with E-state index in [0.29, 0.717) is 6.61 Å². The Bertz CT molecular complexity index is 787. The Labute approximate surface area is 161 Å². The highest BCUT2D eigenvalue weighted by atomic mass is 16.6. The third kappa shape index (κ3) is 3.92. The molecule has 0 unspecified atom stereocenters. The van der Waals surface area contributed by atoms with Crippen molar-refractivity contribution in [1.29, 1.82) is 0 Å². The second-order valence-corrected chi connectivity index (χ2v) is 7.48. The van der Waals surface area contributed by atoms with Crippen LogP contribution < -0.4 is 4.90 Å². The van der Waals surface area contributed by atoms with Gasteiger partial charge in [0.1, 0.15) is 12.4 Å². The number of hydrogen-bond donors (Lipinski definition) is 0. The molecule has 5 nitrogen and oxygen atoms in total. The maximum absolute atomic E-state index is 12.7. The Morgan fingerprint density at radius 1 is 1.15 bits per heavy atom. The van der Waals surface area contributed by atoms with Gasteiger partial charge >= 0.3 is 6.09 Å². The minimum Gasteiger partial charge on any atom is -0.445 e. The van der Waals surface area contributed by atoms with Gasteiger partial charge in [0.2, 0.25) is 0 Å². The number of rotatable bonds is 4. The second-order valence-electron chi connectivity index (χ2n) is 7.48. The number of pyridine rings is 1. The van der Waals surface area contributed by atoms with Crippen LogP contribution in [0.3, 0.4) is 0 Å². The van der Waals surface area contributed by atoms with Gasteiger partial charge in [0.15, 0.2) is 0 Å². The monoisotopic (exact) mass is 365 g/mol. The van der Waals surface area contributed by atoms with E-state index >= 15 is 0 Å². The molecule has 142 valence electrons. The number of hydrogen-bond acceptors (Lipinski definition) is 4. The number of aromatic nitrogens is 1. The molecule has 3 heterocycles. The Kier molecular flexibility index (Phi) is 5.28. The van der Waals surface area contributed by atoms with Gasteiger partial charge in [-0.05, 0) is 55.4 Å². The summed E-state index contributed by atoms with van der Waals surface area (Å²) in [5.41, 5.74) is 3.36. The van der Waals surface area contributed by atoms with E-state index in [9.17, 15) is 4.79 Å². The zero-order valence-corrected chi connectivity index (χ0v) is 15.9. The van der Waals surface area contributed by atoms with E-state index in [1.807, 2.05) is 41.4 Å². The SMILES string of the molecule is Cc1cc(N2CCCC2)ncc1[C@H]1CCCN1C(=O)OCc1ccccc1. The number of aryl methyl sites for hydroxylation is 1. The molecule has 0 aliphatic carbocycles. The first kappa shape index (κ1) is 17.8. The van der Waals surface area contributed by atoms with Gasteiger partial charge in [0.25, 0.3) is 0 Å². The standard InChI is InChI=1S/C22H27N3O2/c1-17-14-21(24-11-5-6-12-24)23-15-19(17)20-10-7-13-25(20)22(26)27-16-18-8-3-2-4-9-18/h2-4,8-9,14-15,20H,5-7,10-13,16H2,1H3/t20-/m1/s1. The van der Waals surface area contributed by atoms with Gasteiger partial charge in [0.05, 0.1) is 6.04 Å². The Hall–Kier alpha value is -2.56. The minimum atomic E-state index is -0.232. The van der Waals surface area contributed by atoms with Crippen molar-refractivity contribution in [2.75, 3.05) is 24.5 Å². The van der Waals surface area contributed by atoms with Crippen molar-refractivity contribution in [2.45, 2.75) is 45.3 Å². The summed E-state index contributed by atoms with van der Waals surface area (Å²) in [6, 6.07) is 12.1. The second kappa shape index (κ2) is 7.99. The molecular formula is C22H27N3O2. The Balaban J connectivity index is 1.45. The molecule has 0 saturated carbocycles. The van der Waals surface area contributed by atoms with Gasteiger partial charge in [-0.25, -0.2) is 9.78 Å². The number of nitrogens with zero attached hydrogens (tertiary/aromatic N) is 3. The maximum atomic E-state index is 12.7. The fourth-order valence-corrected chi connectivity index (χ4v) is 4.13. The van der Waals surface area contributed by atoms with E-state index in [0.717, 1.165) is 49.4 Å². The highest BCUT2D eigenvalue weighted by molar-refractivity contribution is 5.69. The van der Waals surface area contributed by atoms with Gasteiger partial charge in [-0.15, -0.1) is 0 Å². The van der Waals surface area contributed by atoms with E-state index in [-0.39, 0.29) is 12.1 Å². The van der Waals surface area contributed by atoms with E-state index in [1.165, 1.54) is 18.4 Å². The minimum absolute atomic E-state index is 0.0633. The molecule has 1 aromatic heterocycles. The molecule has 2 aromatic rings. The molecule has 4 rings (SSSR count). The van der Waals surface area contributed by atoms with Crippen molar-refractivity contribution >= 4 is 11.9 Å². The van der Waals surface area contributed by atoms with Crippen molar-refractivity contribution in [3.8, 4) is 0 Å². The van der Waals surface area contributed by atoms with Crippen LogP contribution in [0.4, 0.5) is 10.6 Å². The molecule has 2 aliphatic heterocycles. The molecule has 0 radical (unpaired) electrons. The van der Waals surface area contributed by atoms with Crippen molar-refractivity contribution in [2.24, 2.45) is 0 Å². The summed E-state index contributed by atoms with van der Waals surface area (Å²) in [5, 5.41) is 0. The fourth-order valence-electron chi connectivity index (χ4n) is 4.13. The highest BCUT2D eigenvalue weighted by Gasteiger charge is 2.32. The van der Waals surface area contributed by atoms with Crippen LogP contribution in [0.2, 0.25) is 0 Å². The molecule has 1 atom stereocenters. The summed E-state index contributed by atoms with van der Waals surface area (Å²) in [6.45, 7) is 5.36. The molecule has 5 heteroatoms. The average Bonchev–Trinajstić information content (AvgIpc) is 3.39. The smallest absolute Gasteiger partial charge is 0.410 e. The summed E-state index contributed by atoms with van der Waals surface area (Å²) in [7, 11) is 0. The number of anilines is 1. The number of ether oxygens (including phenoxy) is 1. The molecule has 0 N–H and O–H groups in total. The molecule has 0 bridgehead atoms. The van der Waals surface area contributed by atoms with Gasteiger partial charge in [-0.2, -0.15) is 0 Å². The Morgan fingerprint density at radius 2 is 1.93 bits per heavy atom. The van der Waals surface area contributed by atoms with Gasteiger partial charge in [-0.1, -0.05) is 30.3 Å². The largest absolute Gasteiger partial charge is 0.445 e. The lowest BCUT2D eigenvalue weighted by molar-refractivity contribution is 0.0919. The number of benzene rings is 1. The van der Waals surface area contributed by atoms with Crippen molar-refractivity contribution < 1.29 is 9.53 Å². The lowest BCUT2D eigenvalue weighted by Crippen LogP contribution is -2.31. The van der Waals surface area contributed by atoms with Crippen molar-refractivity contribution in [3.05, 3.63) is 59.3 Å². The van der Waals surface area contributed by atoms with Crippen LogP contribution in [-0.2, 0) is 11.3 Å². The van der Waals surface area contributed by atoms with Crippen molar-refractivity contribution in [1.82, 2.24) is 9.88 Å². The van der Waals surface area contributed by atoms with Gasteiger partial charge in [-0.3, -0.25) is 0 Å². The molecule has 0 spiro atoms. The van der Waals surface area contributed by atoms with Crippen LogP contribution in [0.25, 0.3) is 0 Å². The van der Waals surface area contributed by atoms with Gasteiger partial charge in [0, 0.05) is 25.8 Å². The fraction of sp³-hybridized carbons (Fsp3) is 0.455. The third-order valence-corrected chi connectivity index (χ3v) is 5.62. The average molecular weight is 365 g/mol. The summed E-state index contributed by atoms with van der Waals surface area (Å²) in [4.78, 5) is 21.6. The summed E-state index contributed by atoms with van der Waals surface area (Å²) < 4.78 is 5.57. The topological polar surface area (TPSA) is 45.7 Å². The number of amides is 1. The first-order chi connectivity index (χ1) is 13.2. The number of likely N-dealkylation sites (tertiary alicyclic amines) is 1. The maximum Gasteiger partial charge on any atom is 0.410 e. The van der Waals surface area contributed by atoms with Crippen LogP contribution in [0.15, 0.2) is 42.6 Å². The van der Waals surface area contributed by atoms with Crippen LogP contribution in [0.5, 0.6) is 0 Å². The first-order valence-corrected chi connectivity index (χ1v) is 9.91. The summed E-state index contributed by atoms with van der Waals surface area (Å²) in [6.07, 6.45) is 6.18. The molecule has 2 saturated heterocycles. The predicted molar refractivity (Wildman–Crippen MR) is 106 cm³/mol. The van der Waals surface area contributed by atoms with E-state index in [4.69, 9.17) is 9.72 Å². The summed E-state index contributed by atoms with van der Waals surface area (Å²) >= 11 is 0. The molecule has 27 heavy (non-hydrogen) atoms. The van der Waals surface area contributed by atoms with E-state index < -0.39 is 0 Å². The summed E-state index contributed by atoms with van der Waals surface area (Å²) in [5.74, 6) is 1.06. The molecule has 2 aliphatic rings. The van der Waals surface area contributed by atoms with Crippen molar-refractivity contribution in [3.63, 3.8) is 0 Å². The number of carbonyl (C=O) groups is 1. The first-order valence-electron chi connectivity index (χ1n) is 9.91.